The van der Waals surface area contributed by atoms with Gasteiger partial charge in [0.25, 0.3) is 0 Å². The van der Waals surface area contributed by atoms with Gasteiger partial charge in [-0.25, -0.2) is 9.97 Å². The van der Waals surface area contributed by atoms with E-state index >= 15 is 0 Å². The monoisotopic (exact) mass is 350 g/mol. The second-order valence-corrected chi connectivity index (χ2v) is 6.50. The summed E-state index contributed by atoms with van der Waals surface area (Å²) in [7, 11) is 0. The maximum atomic E-state index is 5.07. The van der Waals surface area contributed by atoms with Gasteiger partial charge in [-0.15, -0.1) is 0 Å². The van der Waals surface area contributed by atoms with Gasteiger partial charge in [-0.05, 0) is 51.0 Å². The zero-order valence-electron chi connectivity index (χ0n) is 15.0. The van der Waals surface area contributed by atoms with E-state index in [0.29, 0.717) is 17.5 Å². The van der Waals surface area contributed by atoms with Crippen LogP contribution in [0.2, 0.25) is 0 Å². The predicted molar refractivity (Wildman–Crippen MR) is 102 cm³/mol. The summed E-state index contributed by atoms with van der Waals surface area (Å²) in [6.07, 6.45) is 2.56. The van der Waals surface area contributed by atoms with E-state index in [-0.39, 0.29) is 0 Å². The molecule has 0 aliphatic carbocycles. The lowest BCUT2D eigenvalue weighted by Gasteiger charge is -2.18. The molecule has 7 heteroatoms. The second-order valence-electron chi connectivity index (χ2n) is 6.50. The lowest BCUT2D eigenvalue weighted by Crippen LogP contribution is -2.17. The first-order chi connectivity index (χ1) is 12.7. The number of aryl methyl sites for hydroxylation is 2. The molecule has 2 N–H and O–H groups in total. The zero-order chi connectivity index (χ0) is 17.9. The van der Waals surface area contributed by atoms with Gasteiger partial charge in [0, 0.05) is 36.6 Å². The molecule has 1 aromatic carbocycles. The Hall–Kier alpha value is -3.09. The normalized spacial score (nSPS) is 13.8. The Bertz CT molecular complexity index is 883. The van der Waals surface area contributed by atoms with Crippen LogP contribution in [0, 0.1) is 13.8 Å². The molecule has 0 saturated carbocycles. The van der Waals surface area contributed by atoms with Gasteiger partial charge >= 0.3 is 0 Å². The molecule has 3 aromatic rings. The Kier molecular flexibility index (Phi) is 4.43. The minimum absolute atomic E-state index is 0.626. The van der Waals surface area contributed by atoms with Gasteiger partial charge in [0.15, 0.2) is 5.82 Å². The van der Waals surface area contributed by atoms with Crippen molar-refractivity contribution in [2.24, 2.45) is 0 Å². The number of aromatic nitrogens is 3. The fourth-order valence-electron chi connectivity index (χ4n) is 3.13. The fraction of sp³-hybridized carbons (Fsp3) is 0.316. The van der Waals surface area contributed by atoms with Crippen LogP contribution in [0.4, 0.5) is 28.8 Å². The van der Waals surface area contributed by atoms with Gasteiger partial charge in [-0.1, -0.05) is 5.16 Å². The molecule has 0 spiro atoms. The third kappa shape index (κ3) is 3.77. The molecule has 1 fully saturated rings. The molecule has 2 aromatic heterocycles. The summed E-state index contributed by atoms with van der Waals surface area (Å²) in [6.45, 7) is 6.01. The van der Waals surface area contributed by atoms with Crippen molar-refractivity contribution in [1.82, 2.24) is 15.1 Å². The second kappa shape index (κ2) is 7.03. The van der Waals surface area contributed by atoms with Crippen molar-refractivity contribution < 1.29 is 4.52 Å². The van der Waals surface area contributed by atoms with E-state index in [4.69, 9.17) is 4.52 Å². The maximum Gasteiger partial charge on any atom is 0.175 e. The molecule has 0 atom stereocenters. The van der Waals surface area contributed by atoms with Crippen LogP contribution in [0.3, 0.4) is 0 Å². The lowest BCUT2D eigenvalue weighted by molar-refractivity contribution is 0.400. The van der Waals surface area contributed by atoms with Gasteiger partial charge in [0.2, 0.25) is 0 Å². The zero-order valence-corrected chi connectivity index (χ0v) is 15.0. The minimum atomic E-state index is 0.626. The van der Waals surface area contributed by atoms with E-state index in [0.717, 1.165) is 30.4 Å². The van der Waals surface area contributed by atoms with Gasteiger partial charge < -0.3 is 20.1 Å². The Morgan fingerprint density at radius 3 is 2.23 bits per heavy atom. The van der Waals surface area contributed by atoms with Gasteiger partial charge in [0.1, 0.15) is 23.2 Å². The number of hydrogen-bond acceptors (Lipinski definition) is 7. The standard InChI is InChI=1S/C19H22N6O/c1-13-11-19(24-26-13)23-18-12-17(20-14(2)21-18)22-15-5-7-16(8-6-15)25-9-3-4-10-25/h5-8,11-12H,3-4,9-10H2,1-2H3,(H2,20,21,22,23,24). The van der Waals surface area contributed by atoms with Crippen molar-refractivity contribution in [3.05, 3.63) is 48.0 Å². The minimum Gasteiger partial charge on any atom is -0.372 e. The molecule has 134 valence electrons. The highest BCUT2D eigenvalue weighted by atomic mass is 16.5. The molecule has 26 heavy (non-hydrogen) atoms. The summed E-state index contributed by atoms with van der Waals surface area (Å²) < 4.78 is 5.07. The van der Waals surface area contributed by atoms with Gasteiger partial charge in [-0.2, -0.15) is 0 Å². The summed E-state index contributed by atoms with van der Waals surface area (Å²) in [4.78, 5) is 11.3. The van der Waals surface area contributed by atoms with Gasteiger partial charge in [0.05, 0.1) is 0 Å². The Balaban J connectivity index is 1.48. The smallest absolute Gasteiger partial charge is 0.175 e. The highest BCUT2D eigenvalue weighted by Gasteiger charge is 2.12. The quantitative estimate of drug-likeness (QED) is 0.715. The number of anilines is 5. The summed E-state index contributed by atoms with van der Waals surface area (Å²) in [5.41, 5.74) is 2.27. The van der Waals surface area contributed by atoms with Crippen molar-refractivity contribution >= 4 is 28.8 Å². The number of nitrogens with zero attached hydrogens (tertiary/aromatic N) is 4. The highest BCUT2D eigenvalue weighted by Crippen LogP contribution is 2.24. The van der Waals surface area contributed by atoms with Gasteiger partial charge in [-0.3, -0.25) is 0 Å². The van der Waals surface area contributed by atoms with Crippen molar-refractivity contribution in [3.8, 4) is 0 Å². The van der Waals surface area contributed by atoms with Crippen molar-refractivity contribution in [1.29, 1.82) is 0 Å². The molecule has 1 saturated heterocycles. The van der Waals surface area contributed by atoms with E-state index in [1.807, 2.05) is 26.0 Å². The number of benzene rings is 1. The van der Waals surface area contributed by atoms with E-state index in [9.17, 15) is 0 Å². The summed E-state index contributed by atoms with van der Waals surface area (Å²) in [6, 6.07) is 12.1. The first-order valence-electron chi connectivity index (χ1n) is 8.84. The average Bonchev–Trinajstić information content (AvgIpc) is 3.27. The van der Waals surface area contributed by atoms with Crippen molar-refractivity contribution in [2.75, 3.05) is 28.6 Å². The third-order valence-electron chi connectivity index (χ3n) is 4.33. The third-order valence-corrected chi connectivity index (χ3v) is 4.33. The first kappa shape index (κ1) is 16.4. The molecule has 1 aliphatic heterocycles. The van der Waals surface area contributed by atoms with E-state index in [2.05, 4.69) is 54.9 Å². The molecule has 0 radical (unpaired) electrons. The topological polar surface area (TPSA) is 79.1 Å². The summed E-state index contributed by atoms with van der Waals surface area (Å²) in [5.74, 6) is 3.44. The Labute approximate surface area is 152 Å². The Morgan fingerprint density at radius 2 is 1.58 bits per heavy atom. The van der Waals surface area contributed by atoms with E-state index < -0.39 is 0 Å². The molecular formula is C19H22N6O. The predicted octanol–water partition coefficient (Wildman–Crippen LogP) is 4.17. The van der Waals surface area contributed by atoms with Crippen LogP contribution in [0.1, 0.15) is 24.4 Å². The molecule has 0 amide bonds. The Morgan fingerprint density at radius 1 is 0.885 bits per heavy atom. The van der Waals surface area contributed by atoms with E-state index in [1.54, 1.807) is 0 Å². The van der Waals surface area contributed by atoms with E-state index in [1.165, 1.54) is 18.5 Å². The average molecular weight is 350 g/mol. The molecule has 0 bridgehead atoms. The fourth-order valence-corrected chi connectivity index (χ4v) is 3.13. The van der Waals surface area contributed by atoms with Crippen molar-refractivity contribution in [3.63, 3.8) is 0 Å². The maximum absolute atomic E-state index is 5.07. The number of rotatable bonds is 5. The largest absolute Gasteiger partial charge is 0.372 e. The molecule has 3 heterocycles. The number of nitrogens with one attached hydrogen (secondary N) is 2. The lowest BCUT2D eigenvalue weighted by atomic mass is 10.2. The van der Waals surface area contributed by atoms with Crippen LogP contribution in [-0.4, -0.2) is 28.2 Å². The summed E-state index contributed by atoms with van der Waals surface area (Å²) >= 11 is 0. The number of hydrogen-bond donors (Lipinski definition) is 2. The molecule has 7 nitrogen and oxygen atoms in total. The first-order valence-corrected chi connectivity index (χ1v) is 8.84. The van der Waals surface area contributed by atoms with Crippen LogP contribution in [0.25, 0.3) is 0 Å². The van der Waals surface area contributed by atoms with Crippen LogP contribution < -0.4 is 15.5 Å². The molecular weight excluding hydrogens is 328 g/mol. The SMILES string of the molecule is Cc1nc(Nc2ccc(N3CCCC3)cc2)cc(Nc2cc(C)on2)n1. The summed E-state index contributed by atoms with van der Waals surface area (Å²) in [5, 5.41) is 10.4. The van der Waals surface area contributed by atoms with Crippen LogP contribution in [0.5, 0.6) is 0 Å². The van der Waals surface area contributed by atoms with Crippen LogP contribution >= 0.6 is 0 Å². The molecule has 0 unspecified atom stereocenters. The van der Waals surface area contributed by atoms with Crippen LogP contribution in [0.15, 0.2) is 40.9 Å². The molecule has 1 aliphatic rings. The van der Waals surface area contributed by atoms with Crippen molar-refractivity contribution in [2.45, 2.75) is 26.7 Å². The highest BCUT2D eigenvalue weighted by molar-refractivity contribution is 5.64. The molecule has 4 rings (SSSR count). The van der Waals surface area contributed by atoms with Crippen LogP contribution in [-0.2, 0) is 0 Å².